The normalized spacial score (nSPS) is 20.7. The quantitative estimate of drug-likeness (QED) is 0.767. The highest BCUT2D eigenvalue weighted by Gasteiger charge is 2.22. The Balaban J connectivity index is 2.38. The van der Waals surface area contributed by atoms with E-state index < -0.39 is 0 Å². The molecule has 1 saturated heterocycles. The third-order valence-corrected chi connectivity index (χ3v) is 3.47. The van der Waals surface area contributed by atoms with E-state index in [0.29, 0.717) is 6.04 Å². The molecule has 1 aromatic carbocycles. The maximum atomic E-state index is 11.0. The largest absolute Gasteiger partial charge is 0.368 e. The SMILES string of the molecule is C[C@@H]1CCCN1c1ccc(Br)cc1C=O. The molecule has 2 rings (SSSR count). The fourth-order valence-electron chi connectivity index (χ4n) is 2.17. The molecule has 2 nitrogen and oxygen atoms in total. The molecule has 0 aromatic heterocycles. The number of nitrogens with zero attached hydrogens (tertiary/aromatic N) is 1. The maximum Gasteiger partial charge on any atom is 0.152 e. The van der Waals surface area contributed by atoms with Gasteiger partial charge in [-0.2, -0.15) is 0 Å². The number of rotatable bonds is 2. The first-order valence-corrected chi connectivity index (χ1v) is 6.03. The van der Waals surface area contributed by atoms with Crippen LogP contribution in [-0.4, -0.2) is 18.9 Å². The molecule has 0 N–H and O–H groups in total. The van der Waals surface area contributed by atoms with Gasteiger partial charge in [-0.15, -0.1) is 0 Å². The Morgan fingerprint density at radius 1 is 1.53 bits per heavy atom. The first-order valence-electron chi connectivity index (χ1n) is 5.24. The Hall–Kier alpha value is -0.830. The molecule has 0 aliphatic carbocycles. The van der Waals surface area contributed by atoms with Gasteiger partial charge in [0.15, 0.2) is 6.29 Å². The summed E-state index contributed by atoms with van der Waals surface area (Å²) in [7, 11) is 0. The number of carbonyl (C=O) groups excluding carboxylic acids is 1. The number of benzene rings is 1. The standard InChI is InChI=1S/C12H14BrNO/c1-9-3-2-6-14(9)12-5-4-11(13)7-10(12)8-15/h4-5,7-9H,2-3,6H2,1H3/t9-/m1/s1. The molecule has 80 valence electrons. The van der Waals surface area contributed by atoms with Crippen molar-refractivity contribution >= 4 is 27.9 Å². The average Bonchev–Trinajstić information content (AvgIpc) is 2.64. The molecule has 0 unspecified atom stereocenters. The van der Waals surface area contributed by atoms with Crippen LogP contribution in [0.5, 0.6) is 0 Å². The fraction of sp³-hybridized carbons (Fsp3) is 0.417. The lowest BCUT2D eigenvalue weighted by molar-refractivity contribution is 0.112. The molecular formula is C12H14BrNO. The molecular weight excluding hydrogens is 254 g/mol. The van der Waals surface area contributed by atoms with Gasteiger partial charge in [0.25, 0.3) is 0 Å². The van der Waals surface area contributed by atoms with E-state index in [1.165, 1.54) is 12.8 Å². The second-order valence-corrected chi connectivity index (χ2v) is 4.92. The van der Waals surface area contributed by atoms with Crippen molar-refractivity contribution in [3.63, 3.8) is 0 Å². The zero-order valence-corrected chi connectivity index (χ0v) is 10.3. The second kappa shape index (κ2) is 4.35. The topological polar surface area (TPSA) is 20.3 Å². The minimum atomic E-state index is 0.546. The van der Waals surface area contributed by atoms with Crippen molar-refractivity contribution < 1.29 is 4.79 Å². The van der Waals surface area contributed by atoms with Gasteiger partial charge in [0.05, 0.1) is 0 Å². The first-order chi connectivity index (χ1) is 7.22. The molecule has 1 aliphatic rings. The van der Waals surface area contributed by atoms with Gasteiger partial charge in [0, 0.05) is 28.3 Å². The van der Waals surface area contributed by atoms with Gasteiger partial charge >= 0.3 is 0 Å². The van der Waals surface area contributed by atoms with E-state index in [1.54, 1.807) is 0 Å². The van der Waals surface area contributed by atoms with Crippen LogP contribution in [0.2, 0.25) is 0 Å². The second-order valence-electron chi connectivity index (χ2n) is 4.01. The summed E-state index contributed by atoms with van der Waals surface area (Å²) in [6.07, 6.45) is 3.37. The lowest BCUT2D eigenvalue weighted by Gasteiger charge is -2.25. The summed E-state index contributed by atoms with van der Waals surface area (Å²) in [6, 6.07) is 6.45. The molecule has 15 heavy (non-hydrogen) atoms. The minimum absolute atomic E-state index is 0.546. The Morgan fingerprint density at radius 2 is 2.33 bits per heavy atom. The lowest BCUT2D eigenvalue weighted by atomic mass is 10.1. The van der Waals surface area contributed by atoms with Crippen molar-refractivity contribution in [1.29, 1.82) is 0 Å². The van der Waals surface area contributed by atoms with Gasteiger partial charge in [0.2, 0.25) is 0 Å². The number of carbonyl (C=O) groups is 1. The summed E-state index contributed by atoms with van der Waals surface area (Å²) in [5.41, 5.74) is 1.84. The molecule has 0 saturated carbocycles. The summed E-state index contributed by atoms with van der Waals surface area (Å²) in [6.45, 7) is 3.27. The number of hydrogen-bond acceptors (Lipinski definition) is 2. The third kappa shape index (κ3) is 2.07. The molecule has 1 fully saturated rings. The summed E-state index contributed by atoms with van der Waals surface area (Å²) in [5.74, 6) is 0. The van der Waals surface area contributed by atoms with Crippen LogP contribution >= 0.6 is 15.9 Å². The summed E-state index contributed by atoms with van der Waals surface area (Å²) >= 11 is 3.38. The Kier molecular flexibility index (Phi) is 3.10. The predicted octanol–water partition coefficient (Wildman–Crippen LogP) is 3.25. The zero-order valence-electron chi connectivity index (χ0n) is 8.74. The van der Waals surface area contributed by atoms with Crippen molar-refractivity contribution in [2.24, 2.45) is 0 Å². The average molecular weight is 268 g/mol. The van der Waals surface area contributed by atoms with Crippen LogP contribution in [0.1, 0.15) is 30.1 Å². The summed E-state index contributed by atoms with van der Waals surface area (Å²) < 4.78 is 0.959. The molecule has 0 spiro atoms. The van der Waals surface area contributed by atoms with E-state index in [2.05, 4.69) is 27.8 Å². The van der Waals surface area contributed by atoms with Gasteiger partial charge in [-0.1, -0.05) is 15.9 Å². The monoisotopic (exact) mass is 267 g/mol. The smallest absolute Gasteiger partial charge is 0.152 e. The Bertz CT molecular complexity index is 378. The first kappa shape index (κ1) is 10.7. The number of aldehydes is 1. The predicted molar refractivity (Wildman–Crippen MR) is 65.6 cm³/mol. The van der Waals surface area contributed by atoms with Gasteiger partial charge in [-0.3, -0.25) is 4.79 Å². The molecule has 1 atom stereocenters. The molecule has 0 radical (unpaired) electrons. The van der Waals surface area contributed by atoms with Crippen LogP contribution in [0.25, 0.3) is 0 Å². The molecule has 1 aliphatic heterocycles. The van der Waals surface area contributed by atoms with Gasteiger partial charge < -0.3 is 4.90 Å². The van der Waals surface area contributed by atoms with E-state index in [1.807, 2.05) is 18.2 Å². The highest BCUT2D eigenvalue weighted by atomic mass is 79.9. The van der Waals surface area contributed by atoms with Crippen molar-refractivity contribution in [3.8, 4) is 0 Å². The highest BCUT2D eigenvalue weighted by molar-refractivity contribution is 9.10. The molecule has 1 aromatic rings. The lowest BCUT2D eigenvalue weighted by Crippen LogP contribution is -2.27. The van der Waals surface area contributed by atoms with Crippen LogP contribution in [0.4, 0.5) is 5.69 Å². The number of hydrogen-bond donors (Lipinski definition) is 0. The van der Waals surface area contributed by atoms with E-state index in [9.17, 15) is 4.79 Å². The van der Waals surface area contributed by atoms with Crippen molar-refractivity contribution in [2.75, 3.05) is 11.4 Å². The summed E-state index contributed by atoms with van der Waals surface area (Å²) in [5, 5.41) is 0. The maximum absolute atomic E-state index is 11.0. The van der Waals surface area contributed by atoms with E-state index >= 15 is 0 Å². The van der Waals surface area contributed by atoms with Gasteiger partial charge in [-0.05, 0) is 38.0 Å². The minimum Gasteiger partial charge on any atom is -0.368 e. The third-order valence-electron chi connectivity index (χ3n) is 2.98. The zero-order chi connectivity index (χ0) is 10.8. The van der Waals surface area contributed by atoms with Gasteiger partial charge in [0.1, 0.15) is 0 Å². The molecule has 3 heteroatoms. The Morgan fingerprint density at radius 3 is 2.93 bits per heavy atom. The van der Waals surface area contributed by atoms with E-state index in [-0.39, 0.29) is 0 Å². The molecule has 0 amide bonds. The van der Waals surface area contributed by atoms with Crippen LogP contribution in [0, 0.1) is 0 Å². The summed E-state index contributed by atoms with van der Waals surface area (Å²) in [4.78, 5) is 13.3. The van der Waals surface area contributed by atoms with Crippen LogP contribution in [0.15, 0.2) is 22.7 Å². The Labute approximate surface area is 98.4 Å². The van der Waals surface area contributed by atoms with Crippen LogP contribution < -0.4 is 4.90 Å². The number of halogens is 1. The van der Waals surface area contributed by atoms with Crippen LogP contribution in [-0.2, 0) is 0 Å². The number of anilines is 1. The van der Waals surface area contributed by atoms with Crippen molar-refractivity contribution in [1.82, 2.24) is 0 Å². The van der Waals surface area contributed by atoms with Crippen molar-refractivity contribution in [2.45, 2.75) is 25.8 Å². The van der Waals surface area contributed by atoms with E-state index in [4.69, 9.17) is 0 Å². The highest BCUT2D eigenvalue weighted by Crippen LogP contribution is 2.29. The van der Waals surface area contributed by atoms with Crippen molar-refractivity contribution in [3.05, 3.63) is 28.2 Å². The van der Waals surface area contributed by atoms with Crippen LogP contribution in [0.3, 0.4) is 0 Å². The van der Waals surface area contributed by atoms with E-state index in [0.717, 1.165) is 28.6 Å². The molecule has 0 bridgehead atoms. The fourth-order valence-corrected chi connectivity index (χ4v) is 2.55. The molecule has 1 heterocycles. The van der Waals surface area contributed by atoms with Gasteiger partial charge in [-0.25, -0.2) is 0 Å².